The molecule has 1 aliphatic heterocycles. The van der Waals surface area contributed by atoms with Gasteiger partial charge in [-0.3, -0.25) is 9.36 Å². The van der Waals surface area contributed by atoms with Crippen molar-refractivity contribution < 1.29 is 23.7 Å². The van der Waals surface area contributed by atoms with E-state index in [1.54, 1.807) is 26.5 Å². The van der Waals surface area contributed by atoms with Crippen molar-refractivity contribution in [3.8, 4) is 11.5 Å². The van der Waals surface area contributed by atoms with E-state index in [0.29, 0.717) is 18.0 Å². The molecule has 2 heterocycles. The number of aromatic nitrogens is 2. The van der Waals surface area contributed by atoms with Gasteiger partial charge in [0, 0.05) is 18.4 Å². The standard InChI is InChI=1S/C43H55N3O6S/c1-4-5-6-7-8-9-10-11-12-13-17-20-40(47)51-31-41-52-39(32-53-41)46-30-29-38(44-42(46)48)45-43(33-18-15-14-16-19-33,34-21-25-36(49-2)26-22-34)35-23-27-37(50-3)28-24-35/h14-16,18-19,21-30,39,41H,4-13,17,20,31-32H2,1-3H3,(H,44,45,48)/t39-,41+/m0/s1. The zero-order valence-electron chi connectivity index (χ0n) is 31.5. The molecule has 3 aromatic carbocycles. The maximum Gasteiger partial charge on any atom is 0.351 e. The molecule has 0 radical (unpaired) electrons. The number of ether oxygens (including phenoxy) is 4. The van der Waals surface area contributed by atoms with Crippen molar-refractivity contribution >= 4 is 23.5 Å². The Morgan fingerprint density at radius 1 is 0.792 bits per heavy atom. The Labute approximate surface area is 318 Å². The highest BCUT2D eigenvalue weighted by Gasteiger charge is 2.37. The molecular weight excluding hydrogens is 687 g/mol. The van der Waals surface area contributed by atoms with Gasteiger partial charge in [0.1, 0.15) is 41.1 Å². The lowest BCUT2D eigenvalue weighted by Gasteiger charge is -2.37. The average molecular weight is 742 g/mol. The van der Waals surface area contributed by atoms with Crippen LogP contribution < -0.4 is 20.5 Å². The van der Waals surface area contributed by atoms with Crippen molar-refractivity contribution in [2.45, 2.75) is 101 Å². The fraction of sp³-hybridized carbons (Fsp3) is 0.465. The molecule has 2 atom stereocenters. The van der Waals surface area contributed by atoms with Gasteiger partial charge in [0.25, 0.3) is 0 Å². The third-order valence-corrected chi connectivity index (χ3v) is 10.9. The van der Waals surface area contributed by atoms with Gasteiger partial charge in [-0.25, -0.2) is 4.79 Å². The first kappa shape index (κ1) is 39.9. The van der Waals surface area contributed by atoms with Crippen molar-refractivity contribution in [1.82, 2.24) is 9.55 Å². The molecule has 1 saturated heterocycles. The topological polar surface area (TPSA) is 101 Å². The average Bonchev–Trinajstić information content (AvgIpc) is 3.67. The first-order chi connectivity index (χ1) is 26.0. The number of esters is 1. The number of thioether (sulfide) groups is 1. The third kappa shape index (κ3) is 11.1. The number of carbonyl (C=O) groups excluding carboxylic acids is 1. The molecule has 1 fully saturated rings. The Hall–Kier alpha value is -4.28. The maximum atomic E-state index is 13.5. The number of nitrogens with zero attached hydrogens (tertiary/aromatic N) is 2. The molecule has 284 valence electrons. The fourth-order valence-electron chi connectivity index (χ4n) is 6.82. The molecule has 53 heavy (non-hydrogen) atoms. The molecule has 4 aromatic rings. The lowest BCUT2D eigenvalue weighted by Crippen LogP contribution is -2.39. The summed E-state index contributed by atoms with van der Waals surface area (Å²) in [5.41, 5.74) is 1.10. The second-order valence-electron chi connectivity index (χ2n) is 13.5. The summed E-state index contributed by atoms with van der Waals surface area (Å²) < 4.78 is 24.1. The van der Waals surface area contributed by atoms with Gasteiger partial charge in [-0.05, 0) is 53.4 Å². The highest BCUT2D eigenvalue weighted by molar-refractivity contribution is 8.00. The minimum atomic E-state index is -0.923. The molecule has 10 heteroatoms. The van der Waals surface area contributed by atoms with Gasteiger partial charge in [-0.2, -0.15) is 4.98 Å². The van der Waals surface area contributed by atoms with Gasteiger partial charge in [0.2, 0.25) is 0 Å². The quantitative estimate of drug-likeness (QED) is 0.0480. The summed E-state index contributed by atoms with van der Waals surface area (Å²) in [5.74, 6) is 2.22. The zero-order chi connectivity index (χ0) is 37.3. The van der Waals surface area contributed by atoms with E-state index in [4.69, 9.17) is 18.9 Å². The molecule has 1 aromatic heterocycles. The zero-order valence-corrected chi connectivity index (χ0v) is 32.3. The second kappa shape index (κ2) is 20.8. The molecule has 5 rings (SSSR count). The lowest BCUT2D eigenvalue weighted by atomic mass is 9.77. The Kier molecular flexibility index (Phi) is 15.7. The molecule has 1 N–H and O–H groups in total. The van der Waals surface area contributed by atoms with Crippen molar-refractivity contribution in [1.29, 1.82) is 0 Å². The largest absolute Gasteiger partial charge is 0.497 e. The number of unbranched alkanes of at least 4 members (excludes halogenated alkanes) is 10. The molecule has 9 nitrogen and oxygen atoms in total. The van der Waals surface area contributed by atoms with E-state index in [1.807, 2.05) is 66.7 Å². The summed E-state index contributed by atoms with van der Waals surface area (Å²) in [6.45, 7) is 2.41. The van der Waals surface area contributed by atoms with Crippen LogP contribution in [0.2, 0.25) is 0 Å². The monoisotopic (exact) mass is 741 g/mol. The number of hydrogen-bond donors (Lipinski definition) is 1. The van der Waals surface area contributed by atoms with E-state index in [9.17, 15) is 9.59 Å². The smallest absolute Gasteiger partial charge is 0.351 e. The van der Waals surface area contributed by atoms with Crippen molar-refractivity contribution in [2.75, 3.05) is 31.9 Å². The highest BCUT2D eigenvalue weighted by Crippen LogP contribution is 2.41. The number of rotatable bonds is 22. The number of hydrogen-bond acceptors (Lipinski definition) is 9. The summed E-state index contributed by atoms with van der Waals surface area (Å²) in [5, 5.41) is 3.65. The van der Waals surface area contributed by atoms with Crippen LogP contribution in [0.1, 0.15) is 107 Å². The molecule has 1 aliphatic rings. The first-order valence-electron chi connectivity index (χ1n) is 19.1. The van der Waals surface area contributed by atoms with Gasteiger partial charge in [0.05, 0.1) is 14.2 Å². The van der Waals surface area contributed by atoms with Gasteiger partial charge in [0.15, 0.2) is 0 Å². The molecule has 0 saturated carbocycles. The highest BCUT2D eigenvalue weighted by atomic mass is 32.2. The third-order valence-electron chi connectivity index (χ3n) is 9.81. The molecule has 0 bridgehead atoms. The van der Waals surface area contributed by atoms with Crippen LogP contribution in [0, 0.1) is 0 Å². The van der Waals surface area contributed by atoms with Gasteiger partial charge in [-0.15, -0.1) is 11.8 Å². The van der Waals surface area contributed by atoms with Gasteiger partial charge >= 0.3 is 11.7 Å². The Bertz CT molecular complexity index is 1680. The number of methoxy groups -OCH3 is 2. The number of benzene rings is 3. The summed E-state index contributed by atoms with van der Waals surface area (Å²) in [6, 6.07) is 27.6. The number of anilines is 1. The van der Waals surface area contributed by atoms with E-state index in [1.165, 1.54) is 74.1 Å². The van der Waals surface area contributed by atoms with Crippen LogP contribution in [0.4, 0.5) is 5.82 Å². The summed E-state index contributed by atoms with van der Waals surface area (Å²) in [4.78, 5) is 30.5. The Morgan fingerprint density at radius 2 is 1.34 bits per heavy atom. The number of nitrogens with one attached hydrogen (secondary N) is 1. The fourth-order valence-corrected chi connectivity index (χ4v) is 7.81. The van der Waals surface area contributed by atoms with E-state index in [2.05, 4.69) is 29.4 Å². The molecule has 0 spiro atoms. The maximum absolute atomic E-state index is 13.5. The minimum absolute atomic E-state index is 0.156. The van der Waals surface area contributed by atoms with E-state index < -0.39 is 17.5 Å². The Balaban J connectivity index is 1.19. The van der Waals surface area contributed by atoms with Crippen molar-refractivity contribution in [3.63, 3.8) is 0 Å². The predicted molar refractivity (Wildman–Crippen MR) is 213 cm³/mol. The van der Waals surface area contributed by atoms with E-state index in [-0.39, 0.29) is 18.0 Å². The molecule has 0 amide bonds. The van der Waals surface area contributed by atoms with Crippen LogP contribution in [0.15, 0.2) is 95.9 Å². The first-order valence-corrected chi connectivity index (χ1v) is 20.2. The lowest BCUT2D eigenvalue weighted by molar-refractivity contribution is -0.147. The van der Waals surface area contributed by atoms with Crippen LogP contribution in [0.25, 0.3) is 0 Å². The van der Waals surface area contributed by atoms with Crippen LogP contribution in [0.3, 0.4) is 0 Å². The second-order valence-corrected chi connectivity index (χ2v) is 14.7. The van der Waals surface area contributed by atoms with Crippen LogP contribution in [0.5, 0.6) is 11.5 Å². The summed E-state index contributed by atoms with van der Waals surface area (Å²) in [6.07, 6.45) is 15.2. The molecule has 0 aliphatic carbocycles. The van der Waals surface area contributed by atoms with E-state index in [0.717, 1.165) is 41.0 Å². The van der Waals surface area contributed by atoms with Gasteiger partial charge in [-0.1, -0.05) is 126 Å². The van der Waals surface area contributed by atoms with Crippen LogP contribution in [-0.4, -0.2) is 47.5 Å². The van der Waals surface area contributed by atoms with Crippen molar-refractivity contribution in [2.24, 2.45) is 0 Å². The summed E-state index contributed by atoms with van der Waals surface area (Å²) in [7, 11) is 3.28. The molecule has 0 unspecified atom stereocenters. The SMILES string of the molecule is CCCCCCCCCCCCCC(=O)OC[C@@H]1O[C@H](n2ccc(NC(c3ccccc3)(c3ccc(OC)cc3)c3ccc(OC)cc3)nc2=O)CS1. The normalized spacial score (nSPS) is 15.6. The predicted octanol–water partition coefficient (Wildman–Crippen LogP) is 9.50. The Morgan fingerprint density at radius 3 is 1.89 bits per heavy atom. The number of carbonyl (C=O) groups is 1. The van der Waals surface area contributed by atoms with E-state index >= 15 is 0 Å². The minimum Gasteiger partial charge on any atom is -0.497 e. The molecular formula is C43H55N3O6S. The summed E-state index contributed by atoms with van der Waals surface area (Å²) >= 11 is 1.53. The van der Waals surface area contributed by atoms with Gasteiger partial charge < -0.3 is 24.3 Å². The van der Waals surface area contributed by atoms with Crippen LogP contribution in [-0.2, 0) is 19.8 Å². The van der Waals surface area contributed by atoms with Crippen molar-refractivity contribution in [3.05, 3.63) is 118 Å². The van der Waals surface area contributed by atoms with Crippen LogP contribution >= 0.6 is 11.8 Å².